The number of amides is 1. The molecule has 0 spiro atoms. The lowest BCUT2D eigenvalue weighted by Gasteiger charge is -2.30. The van der Waals surface area contributed by atoms with Crippen molar-refractivity contribution in [3.05, 3.63) is 63.3 Å². The van der Waals surface area contributed by atoms with Gasteiger partial charge in [-0.1, -0.05) is 29.3 Å². The Balaban J connectivity index is 1.36. The van der Waals surface area contributed by atoms with Gasteiger partial charge in [-0.05, 0) is 68.1 Å². The monoisotopic (exact) mass is 493 g/mol. The van der Waals surface area contributed by atoms with Crippen LogP contribution in [0.2, 0.25) is 10.0 Å². The maximum atomic E-state index is 13.0. The maximum Gasteiger partial charge on any atom is 0.244 e. The van der Waals surface area contributed by atoms with Crippen LogP contribution in [-0.2, 0) is 21.4 Å². The molecule has 6 nitrogen and oxygen atoms in total. The molecule has 9 heteroatoms. The summed E-state index contributed by atoms with van der Waals surface area (Å²) in [6, 6.07) is 10.5. The van der Waals surface area contributed by atoms with Gasteiger partial charge >= 0.3 is 0 Å². The van der Waals surface area contributed by atoms with Gasteiger partial charge in [-0.25, -0.2) is 8.42 Å². The number of carbonyl (C=O) groups is 1. The van der Waals surface area contributed by atoms with Crippen LogP contribution in [0.1, 0.15) is 29.7 Å². The number of hydrogen-bond donors (Lipinski definition) is 2. The second kappa shape index (κ2) is 9.06. The lowest BCUT2D eigenvalue weighted by Crippen LogP contribution is -2.42. The summed E-state index contributed by atoms with van der Waals surface area (Å²) in [6.07, 6.45) is 0.913. The van der Waals surface area contributed by atoms with Gasteiger partial charge in [0, 0.05) is 47.2 Å². The number of benzene rings is 2. The van der Waals surface area contributed by atoms with Gasteiger partial charge in [0.25, 0.3) is 0 Å². The van der Waals surface area contributed by atoms with Crippen molar-refractivity contribution in [2.75, 3.05) is 13.1 Å². The lowest BCUT2D eigenvalue weighted by atomic mass is 9.97. The number of carbonyl (C=O) groups excluding carboxylic acids is 1. The summed E-state index contributed by atoms with van der Waals surface area (Å²) in [6.45, 7) is 5.09. The molecule has 170 valence electrons. The van der Waals surface area contributed by atoms with E-state index in [0.717, 1.165) is 22.2 Å². The zero-order valence-corrected chi connectivity index (χ0v) is 20.2. The van der Waals surface area contributed by atoms with E-state index < -0.39 is 10.0 Å². The van der Waals surface area contributed by atoms with Crippen LogP contribution in [0, 0.1) is 19.8 Å². The summed E-state index contributed by atoms with van der Waals surface area (Å²) in [7, 11) is -3.76. The van der Waals surface area contributed by atoms with E-state index in [-0.39, 0.29) is 34.8 Å². The van der Waals surface area contributed by atoms with Crippen molar-refractivity contribution in [3.8, 4) is 0 Å². The van der Waals surface area contributed by atoms with Gasteiger partial charge in [0.05, 0.1) is 5.02 Å². The average molecular weight is 494 g/mol. The molecule has 1 amide bonds. The third-order valence-electron chi connectivity index (χ3n) is 6.18. The number of aryl methyl sites for hydroxylation is 2. The topological polar surface area (TPSA) is 82.3 Å². The van der Waals surface area contributed by atoms with Gasteiger partial charge < -0.3 is 10.3 Å². The second-order valence-corrected chi connectivity index (χ2v) is 11.0. The van der Waals surface area contributed by atoms with E-state index >= 15 is 0 Å². The van der Waals surface area contributed by atoms with E-state index in [4.69, 9.17) is 23.2 Å². The quantitative estimate of drug-likeness (QED) is 0.534. The molecule has 3 aromatic rings. The van der Waals surface area contributed by atoms with E-state index in [0.29, 0.717) is 24.4 Å². The van der Waals surface area contributed by atoms with Gasteiger partial charge in [-0.2, -0.15) is 4.31 Å². The summed E-state index contributed by atoms with van der Waals surface area (Å²) in [5.74, 6) is -0.277. The number of nitrogens with zero attached hydrogens (tertiary/aromatic N) is 1. The molecule has 2 aromatic carbocycles. The average Bonchev–Trinajstić information content (AvgIpc) is 3.07. The first-order valence-corrected chi connectivity index (χ1v) is 12.7. The molecule has 0 aliphatic carbocycles. The molecule has 1 fully saturated rings. The van der Waals surface area contributed by atoms with Crippen LogP contribution in [0.3, 0.4) is 0 Å². The highest BCUT2D eigenvalue weighted by molar-refractivity contribution is 7.89. The van der Waals surface area contributed by atoms with Crippen molar-refractivity contribution in [2.24, 2.45) is 5.92 Å². The Morgan fingerprint density at radius 3 is 2.56 bits per heavy atom. The fourth-order valence-electron chi connectivity index (χ4n) is 4.12. The van der Waals surface area contributed by atoms with E-state index in [1.165, 1.54) is 22.0 Å². The minimum Gasteiger partial charge on any atom is -0.358 e. The Morgan fingerprint density at radius 2 is 1.84 bits per heavy atom. The number of halogens is 2. The summed E-state index contributed by atoms with van der Waals surface area (Å²) in [5.41, 5.74) is 4.47. The Morgan fingerprint density at radius 1 is 1.12 bits per heavy atom. The predicted molar refractivity (Wildman–Crippen MR) is 128 cm³/mol. The normalized spacial score (nSPS) is 15.9. The fraction of sp³-hybridized carbons (Fsp3) is 0.348. The number of fused-ring (bicyclic) bond motifs is 1. The minimum atomic E-state index is -3.76. The van der Waals surface area contributed by atoms with E-state index in [1.54, 1.807) is 6.07 Å². The molecule has 1 saturated heterocycles. The Bertz CT molecular complexity index is 1280. The molecule has 0 radical (unpaired) electrons. The zero-order chi connectivity index (χ0) is 23.0. The van der Waals surface area contributed by atoms with Crippen molar-refractivity contribution < 1.29 is 13.2 Å². The molecule has 1 aromatic heterocycles. The van der Waals surface area contributed by atoms with Gasteiger partial charge in [-0.15, -0.1) is 0 Å². The van der Waals surface area contributed by atoms with Gasteiger partial charge in [-0.3, -0.25) is 4.79 Å². The predicted octanol–water partition coefficient (Wildman–Crippen LogP) is 4.81. The standard InChI is InChI=1S/C23H25Cl2N3O3S/c1-14-15(2)27-21-6-3-16(11-19(14)21)13-26-23(29)17-7-9-28(10-8-17)32(30,31)22-12-18(24)4-5-20(22)25/h3-6,11-12,17,27H,7-10,13H2,1-2H3,(H,26,29). The molecule has 2 heterocycles. The summed E-state index contributed by atoms with van der Waals surface area (Å²) < 4.78 is 27.3. The number of aromatic amines is 1. The molecule has 0 saturated carbocycles. The number of nitrogens with one attached hydrogen (secondary N) is 2. The maximum absolute atomic E-state index is 13.0. The van der Waals surface area contributed by atoms with E-state index in [1.807, 2.05) is 19.1 Å². The van der Waals surface area contributed by atoms with Gasteiger partial charge in [0.1, 0.15) is 4.90 Å². The molecule has 1 aliphatic rings. The number of rotatable bonds is 5. The molecule has 2 N–H and O–H groups in total. The molecular weight excluding hydrogens is 469 g/mol. The van der Waals surface area contributed by atoms with Crippen LogP contribution in [0.5, 0.6) is 0 Å². The van der Waals surface area contributed by atoms with Crippen molar-refractivity contribution in [2.45, 2.75) is 38.1 Å². The van der Waals surface area contributed by atoms with Crippen molar-refractivity contribution in [3.63, 3.8) is 0 Å². The van der Waals surface area contributed by atoms with Crippen molar-refractivity contribution >= 4 is 50.0 Å². The van der Waals surface area contributed by atoms with E-state index in [9.17, 15) is 13.2 Å². The first-order chi connectivity index (χ1) is 15.2. The van der Waals surface area contributed by atoms with Gasteiger partial charge in [0.2, 0.25) is 15.9 Å². The van der Waals surface area contributed by atoms with Crippen LogP contribution >= 0.6 is 23.2 Å². The minimum absolute atomic E-state index is 0.000229. The van der Waals surface area contributed by atoms with Gasteiger partial charge in [0.15, 0.2) is 0 Å². The highest BCUT2D eigenvalue weighted by atomic mass is 35.5. The van der Waals surface area contributed by atoms with Crippen LogP contribution in [-0.4, -0.2) is 36.7 Å². The number of H-pyrrole nitrogens is 1. The molecule has 1 aliphatic heterocycles. The molecule has 0 unspecified atom stereocenters. The van der Waals surface area contributed by atoms with Crippen LogP contribution in [0.4, 0.5) is 0 Å². The number of piperidine rings is 1. The van der Waals surface area contributed by atoms with Crippen LogP contribution in [0.25, 0.3) is 10.9 Å². The summed E-state index contributed by atoms with van der Waals surface area (Å²) in [5, 5.41) is 4.61. The Labute approximate surface area is 197 Å². The number of aromatic nitrogens is 1. The lowest BCUT2D eigenvalue weighted by molar-refractivity contribution is -0.126. The fourth-order valence-corrected chi connectivity index (χ4v) is 6.33. The SMILES string of the molecule is Cc1[nH]c2ccc(CNC(=O)C3CCN(S(=O)(=O)c4cc(Cl)ccc4Cl)CC3)cc2c1C. The largest absolute Gasteiger partial charge is 0.358 e. The highest BCUT2D eigenvalue weighted by Gasteiger charge is 2.33. The van der Waals surface area contributed by atoms with Crippen LogP contribution < -0.4 is 5.32 Å². The molecular formula is C23H25Cl2N3O3S. The first-order valence-electron chi connectivity index (χ1n) is 10.5. The summed E-state index contributed by atoms with van der Waals surface area (Å²) >= 11 is 12.1. The van der Waals surface area contributed by atoms with Crippen molar-refractivity contribution in [1.82, 2.24) is 14.6 Å². The third kappa shape index (κ3) is 4.53. The molecule has 0 bridgehead atoms. The first kappa shape index (κ1) is 23.1. The summed E-state index contributed by atoms with van der Waals surface area (Å²) in [4.78, 5) is 16.1. The molecule has 0 atom stereocenters. The Kier molecular flexibility index (Phi) is 6.54. The highest BCUT2D eigenvalue weighted by Crippen LogP contribution is 2.30. The second-order valence-electron chi connectivity index (χ2n) is 8.23. The Hall–Kier alpha value is -2.06. The van der Waals surface area contributed by atoms with Crippen LogP contribution in [0.15, 0.2) is 41.3 Å². The smallest absolute Gasteiger partial charge is 0.244 e. The zero-order valence-electron chi connectivity index (χ0n) is 17.9. The third-order valence-corrected chi connectivity index (χ3v) is 8.79. The van der Waals surface area contributed by atoms with E-state index in [2.05, 4.69) is 23.3 Å². The van der Waals surface area contributed by atoms with Crippen molar-refractivity contribution in [1.29, 1.82) is 0 Å². The number of hydrogen-bond acceptors (Lipinski definition) is 3. The molecule has 4 rings (SSSR count). The molecule has 32 heavy (non-hydrogen) atoms. The number of sulfonamides is 1.